The van der Waals surface area contributed by atoms with Gasteiger partial charge in [-0.25, -0.2) is 15.0 Å². The van der Waals surface area contributed by atoms with Crippen LogP contribution < -0.4 is 0 Å². The molecule has 47 heavy (non-hydrogen) atoms. The van der Waals surface area contributed by atoms with Crippen molar-refractivity contribution in [2.45, 2.75) is 0 Å². The van der Waals surface area contributed by atoms with Crippen LogP contribution in [0.4, 0.5) is 0 Å². The molecule has 9 rings (SSSR count). The van der Waals surface area contributed by atoms with Crippen molar-refractivity contribution in [3.05, 3.63) is 164 Å². The Kier molecular flexibility index (Phi) is 6.65. The molecule has 4 heteroatoms. The molecule has 0 bridgehead atoms. The van der Waals surface area contributed by atoms with Crippen LogP contribution in [0, 0.1) is 0 Å². The van der Waals surface area contributed by atoms with Crippen molar-refractivity contribution in [3.63, 3.8) is 0 Å². The zero-order chi connectivity index (χ0) is 31.2. The van der Waals surface area contributed by atoms with Crippen LogP contribution in [0.5, 0.6) is 0 Å². The molecule has 0 N–H and O–H groups in total. The molecule has 2 aromatic heterocycles. The van der Waals surface area contributed by atoms with Gasteiger partial charge in [-0.2, -0.15) is 0 Å². The Morgan fingerprint density at radius 1 is 0.298 bits per heavy atom. The van der Waals surface area contributed by atoms with Gasteiger partial charge in [0.1, 0.15) is 0 Å². The molecule has 0 fully saturated rings. The molecule has 220 valence electrons. The van der Waals surface area contributed by atoms with Crippen molar-refractivity contribution in [2.24, 2.45) is 0 Å². The molecule has 0 aliphatic rings. The van der Waals surface area contributed by atoms with Gasteiger partial charge in [0.2, 0.25) is 0 Å². The van der Waals surface area contributed by atoms with E-state index in [1.54, 1.807) is 0 Å². The molecule has 0 aliphatic carbocycles. The Balaban J connectivity index is 1.20. The van der Waals surface area contributed by atoms with Gasteiger partial charge in [0.15, 0.2) is 17.5 Å². The minimum Gasteiger partial charge on any atom is -0.208 e. The molecule has 0 radical (unpaired) electrons. The number of thiophene rings is 1. The van der Waals surface area contributed by atoms with Crippen molar-refractivity contribution in [1.29, 1.82) is 0 Å². The second-order valence-corrected chi connectivity index (χ2v) is 12.7. The molecule has 0 amide bonds. The van der Waals surface area contributed by atoms with Crippen molar-refractivity contribution >= 4 is 42.3 Å². The number of fused-ring (bicyclic) bond motifs is 4. The van der Waals surface area contributed by atoms with Crippen LogP contribution in [0.15, 0.2) is 164 Å². The van der Waals surface area contributed by atoms with Crippen LogP contribution in [-0.4, -0.2) is 15.0 Å². The first kappa shape index (κ1) is 27.3. The average Bonchev–Trinajstić information content (AvgIpc) is 3.53. The molecular formula is C43H27N3S. The first-order valence-electron chi connectivity index (χ1n) is 15.7. The summed E-state index contributed by atoms with van der Waals surface area (Å²) in [6.45, 7) is 0. The van der Waals surface area contributed by atoms with E-state index in [9.17, 15) is 0 Å². The van der Waals surface area contributed by atoms with Crippen LogP contribution in [-0.2, 0) is 0 Å². The molecule has 0 atom stereocenters. The summed E-state index contributed by atoms with van der Waals surface area (Å²) in [6, 6.07) is 57.4. The number of aromatic nitrogens is 3. The number of hydrogen-bond donors (Lipinski definition) is 0. The SMILES string of the molecule is c1ccc(-c2nc(-c3cccc(-c4ccc5c(c4)sc4ccccc45)c3)nc(-c3ccc(-c4ccccc4)c4ccccc34)n2)cc1. The molecule has 3 nitrogen and oxygen atoms in total. The summed E-state index contributed by atoms with van der Waals surface area (Å²) in [5, 5.41) is 4.88. The summed E-state index contributed by atoms with van der Waals surface area (Å²) in [5.74, 6) is 1.95. The van der Waals surface area contributed by atoms with Crippen LogP contribution in [0.1, 0.15) is 0 Å². The Labute approximate surface area is 276 Å². The number of nitrogens with zero attached hydrogens (tertiary/aromatic N) is 3. The molecule has 7 aromatic carbocycles. The lowest BCUT2D eigenvalue weighted by Gasteiger charge is -2.13. The molecule has 9 aromatic rings. The third-order valence-electron chi connectivity index (χ3n) is 8.75. The highest BCUT2D eigenvalue weighted by Gasteiger charge is 2.16. The van der Waals surface area contributed by atoms with E-state index in [1.165, 1.54) is 36.9 Å². The van der Waals surface area contributed by atoms with E-state index in [2.05, 4.69) is 146 Å². The maximum Gasteiger partial charge on any atom is 0.164 e. The normalized spacial score (nSPS) is 11.4. The number of rotatable bonds is 5. The lowest BCUT2D eigenvalue weighted by molar-refractivity contribution is 1.08. The van der Waals surface area contributed by atoms with Crippen LogP contribution in [0.25, 0.3) is 87.4 Å². The van der Waals surface area contributed by atoms with E-state index < -0.39 is 0 Å². The fraction of sp³-hybridized carbons (Fsp3) is 0. The van der Waals surface area contributed by atoms with Gasteiger partial charge in [0, 0.05) is 36.9 Å². The van der Waals surface area contributed by atoms with Gasteiger partial charge < -0.3 is 0 Å². The summed E-state index contributed by atoms with van der Waals surface area (Å²) in [6.07, 6.45) is 0. The topological polar surface area (TPSA) is 38.7 Å². The predicted molar refractivity (Wildman–Crippen MR) is 197 cm³/mol. The third kappa shape index (κ3) is 4.96. The largest absolute Gasteiger partial charge is 0.208 e. The molecule has 2 heterocycles. The molecular weight excluding hydrogens is 591 g/mol. The molecule has 0 saturated carbocycles. The first-order valence-corrected chi connectivity index (χ1v) is 16.5. The molecule has 0 spiro atoms. The summed E-state index contributed by atoms with van der Waals surface area (Å²) < 4.78 is 2.60. The Bertz CT molecular complexity index is 2570. The first-order chi connectivity index (χ1) is 23.3. The van der Waals surface area contributed by atoms with E-state index in [4.69, 9.17) is 15.0 Å². The van der Waals surface area contributed by atoms with Gasteiger partial charge in [-0.05, 0) is 57.3 Å². The Morgan fingerprint density at radius 2 is 0.830 bits per heavy atom. The highest BCUT2D eigenvalue weighted by Crippen LogP contribution is 2.38. The third-order valence-corrected chi connectivity index (χ3v) is 9.88. The highest BCUT2D eigenvalue weighted by atomic mass is 32.1. The molecule has 0 aliphatic heterocycles. The Morgan fingerprint density at radius 3 is 1.62 bits per heavy atom. The van der Waals surface area contributed by atoms with Gasteiger partial charge in [-0.15, -0.1) is 11.3 Å². The van der Waals surface area contributed by atoms with Gasteiger partial charge in [0.05, 0.1) is 0 Å². The van der Waals surface area contributed by atoms with Crippen molar-refractivity contribution < 1.29 is 0 Å². The fourth-order valence-corrected chi connectivity index (χ4v) is 7.59. The monoisotopic (exact) mass is 617 g/mol. The maximum atomic E-state index is 5.15. The van der Waals surface area contributed by atoms with Crippen molar-refractivity contribution in [2.75, 3.05) is 0 Å². The minimum atomic E-state index is 0.648. The minimum absolute atomic E-state index is 0.648. The number of benzene rings is 7. The van der Waals surface area contributed by atoms with E-state index in [0.717, 1.165) is 33.0 Å². The zero-order valence-electron chi connectivity index (χ0n) is 25.3. The van der Waals surface area contributed by atoms with E-state index in [0.29, 0.717) is 17.5 Å². The second-order valence-electron chi connectivity index (χ2n) is 11.6. The van der Waals surface area contributed by atoms with Crippen LogP contribution in [0.2, 0.25) is 0 Å². The van der Waals surface area contributed by atoms with Crippen molar-refractivity contribution in [1.82, 2.24) is 15.0 Å². The van der Waals surface area contributed by atoms with Crippen LogP contribution >= 0.6 is 11.3 Å². The van der Waals surface area contributed by atoms with Crippen LogP contribution in [0.3, 0.4) is 0 Å². The Hall–Kier alpha value is -5.97. The highest BCUT2D eigenvalue weighted by molar-refractivity contribution is 7.25. The molecule has 0 saturated heterocycles. The summed E-state index contributed by atoms with van der Waals surface area (Å²) >= 11 is 1.84. The van der Waals surface area contributed by atoms with Crippen molar-refractivity contribution in [3.8, 4) is 56.4 Å². The van der Waals surface area contributed by atoms with Gasteiger partial charge in [0.25, 0.3) is 0 Å². The van der Waals surface area contributed by atoms with Gasteiger partial charge >= 0.3 is 0 Å². The zero-order valence-corrected chi connectivity index (χ0v) is 26.2. The van der Waals surface area contributed by atoms with E-state index in [-0.39, 0.29) is 0 Å². The fourth-order valence-electron chi connectivity index (χ4n) is 6.45. The summed E-state index contributed by atoms with van der Waals surface area (Å²) in [5.41, 5.74) is 7.55. The quantitative estimate of drug-likeness (QED) is 0.193. The van der Waals surface area contributed by atoms with Gasteiger partial charge in [-0.1, -0.05) is 140 Å². The lowest BCUT2D eigenvalue weighted by Crippen LogP contribution is -2.01. The van der Waals surface area contributed by atoms with E-state index >= 15 is 0 Å². The lowest BCUT2D eigenvalue weighted by atomic mass is 9.94. The maximum absolute atomic E-state index is 5.15. The predicted octanol–water partition coefficient (Wildman–Crippen LogP) is 11.7. The second kappa shape index (κ2) is 11.4. The smallest absolute Gasteiger partial charge is 0.164 e. The van der Waals surface area contributed by atoms with Gasteiger partial charge in [-0.3, -0.25) is 0 Å². The molecule has 0 unspecified atom stereocenters. The summed E-state index contributed by atoms with van der Waals surface area (Å²) in [4.78, 5) is 15.2. The van der Waals surface area contributed by atoms with E-state index in [1.807, 2.05) is 29.5 Å². The number of hydrogen-bond acceptors (Lipinski definition) is 4. The average molecular weight is 618 g/mol. The summed E-state index contributed by atoms with van der Waals surface area (Å²) in [7, 11) is 0. The standard InChI is InChI=1S/C43H27N3S/c1-3-12-28(13-4-1)33-24-25-38(35-19-8-7-18-34(33)35)43-45-41(29-14-5-2-6-15-29)44-42(46-43)32-17-11-16-30(26-32)31-22-23-37-36-20-9-10-21-39(36)47-40(37)27-31/h1-27H.